The molecule has 1 aliphatic rings. The molecule has 174 valence electrons. The Morgan fingerprint density at radius 3 is 2.42 bits per heavy atom. The van der Waals surface area contributed by atoms with Crippen molar-refractivity contribution >= 4 is 28.2 Å². The van der Waals surface area contributed by atoms with E-state index < -0.39 is 0 Å². The Morgan fingerprint density at radius 1 is 1.03 bits per heavy atom. The van der Waals surface area contributed by atoms with Gasteiger partial charge in [-0.05, 0) is 42.8 Å². The number of hydrogen-bond acceptors (Lipinski definition) is 4. The van der Waals surface area contributed by atoms with Crippen molar-refractivity contribution in [3.8, 4) is 11.5 Å². The summed E-state index contributed by atoms with van der Waals surface area (Å²) >= 11 is 5.83. The lowest BCUT2D eigenvalue weighted by molar-refractivity contribution is 0.355. The molecule has 0 atom stereocenters. The van der Waals surface area contributed by atoms with Gasteiger partial charge in [-0.3, -0.25) is 4.79 Å². The third kappa shape index (κ3) is 5.66. The van der Waals surface area contributed by atoms with Gasteiger partial charge in [0.1, 0.15) is 0 Å². The van der Waals surface area contributed by atoms with E-state index in [9.17, 15) is 4.79 Å². The van der Waals surface area contributed by atoms with E-state index in [0.717, 1.165) is 23.8 Å². The third-order valence-electron chi connectivity index (χ3n) is 6.22. The largest absolute Gasteiger partial charge is 0.493 e. The highest BCUT2D eigenvalue weighted by Gasteiger charge is 2.19. The highest BCUT2D eigenvalue weighted by Crippen LogP contribution is 2.31. The highest BCUT2D eigenvalue weighted by molar-refractivity contribution is 7.80. The number of rotatable bonds is 7. The minimum absolute atomic E-state index is 0.131. The molecule has 33 heavy (non-hydrogen) atoms. The molecule has 2 N–H and O–H groups in total. The molecule has 0 unspecified atom stereocenters. The van der Waals surface area contributed by atoms with E-state index in [-0.39, 0.29) is 5.56 Å². The Bertz CT molecular complexity index is 1160. The molecule has 1 aromatic heterocycles. The summed E-state index contributed by atoms with van der Waals surface area (Å²) in [5.41, 5.74) is 2.37. The molecule has 1 saturated carbocycles. The van der Waals surface area contributed by atoms with E-state index in [1.807, 2.05) is 30.3 Å². The average molecular weight is 466 g/mol. The van der Waals surface area contributed by atoms with Crippen LogP contribution in [-0.2, 0) is 13.1 Å². The van der Waals surface area contributed by atoms with Crippen LogP contribution in [0.3, 0.4) is 0 Å². The van der Waals surface area contributed by atoms with Crippen LogP contribution in [0.4, 0.5) is 0 Å². The lowest BCUT2D eigenvalue weighted by Crippen LogP contribution is -2.45. The lowest BCUT2D eigenvalue weighted by Gasteiger charge is -2.31. The van der Waals surface area contributed by atoms with E-state index in [1.54, 1.807) is 20.3 Å². The van der Waals surface area contributed by atoms with Gasteiger partial charge in [-0.2, -0.15) is 0 Å². The zero-order valence-corrected chi connectivity index (χ0v) is 20.0. The molecule has 0 saturated heterocycles. The number of pyridine rings is 1. The maximum atomic E-state index is 13.0. The summed E-state index contributed by atoms with van der Waals surface area (Å²) in [4.78, 5) is 18.0. The van der Waals surface area contributed by atoms with Crippen LogP contribution in [0.2, 0.25) is 0 Å². The van der Waals surface area contributed by atoms with Gasteiger partial charge in [0.15, 0.2) is 16.6 Å². The lowest BCUT2D eigenvalue weighted by atomic mass is 9.96. The van der Waals surface area contributed by atoms with Crippen LogP contribution >= 0.6 is 12.2 Å². The molecule has 0 radical (unpaired) electrons. The summed E-state index contributed by atoms with van der Waals surface area (Å²) in [7, 11) is 3.19. The Hall–Kier alpha value is -3.06. The second kappa shape index (κ2) is 10.7. The number of aromatic nitrogens is 1. The number of nitrogens with zero attached hydrogens (tertiary/aromatic N) is 1. The molecule has 2 aromatic carbocycles. The number of hydrogen-bond donors (Lipinski definition) is 2. The number of H-pyrrole nitrogens is 1. The number of fused-ring (bicyclic) bond motifs is 1. The standard InChI is InChI=1S/C26H31N3O3S/c1-31-23-14-19-13-20(25(30)28-22(19)15-24(23)32-2)17-29(16-18-9-5-3-6-10-18)26(33)27-21-11-7-4-8-12-21/h3,5-6,9-10,13-15,21H,4,7-8,11-12,16-17H2,1-2H3,(H,27,33)(H,28,30). The smallest absolute Gasteiger partial charge is 0.253 e. The van der Waals surface area contributed by atoms with Crippen molar-refractivity contribution in [2.45, 2.75) is 51.2 Å². The average Bonchev–Trinajstić information content (AvgIpc) is 2.84. The van der Waals surface area contributed by atoms with Gasteiger partial charge in [-0.25, -0.2) is 0 Å². The number of nitrogens with one attached hydrogen (secondary N) is 2. The van der Waals surface area contributed by atoms with Gasteiger partial charge in [0.25, 0.3) is 5.56 Å². The van der Waals surface area contributed by atoms with Crippen molar-refractivity contribution in [1.29, 1.82) is 0 Å². The first kappa shape index (κ1) is 23.1. The first-order chi connectivity index (χ1) is 16.1. The monoisotopic (exact) mass is 465 g/mol. The predicted octanol–water partition coefficient (Wildman–Crippen LogP) is 4.75. The van der Waals surface area contributed by atoms with E-state index in [4.69, 9.17) is 21.7 Å². The van der Waals surface area contributed by atoms with Crippen LogP contribution in [0.5, 0.6) is 11.5 Å². The maximum Gasteiger partial charge on any atom is 0.253 e. The molecule has 0 bridgehead atoms. The summed E-state index contributed by atoms with van der Waals surface area (Å²) in [6.07, 6.45) is 6.03. The molecule has 0 spiro atoms. The quantitative estimate of drug-likeness (QED) is 0.491. The zero-order chi connectivity index (χ0) is 23.2. The Labute approximate surface area is 199 Å². The van der Waals surface area contributed by atoms with Crippen molar-refractivity contribution < 1.29 is 9.47 Å². The summed E-state index contributed by atoms with van der Waals surface area (Å²) < 4.78 is 10.8. The normalized spacial score (nSPS) is 14.1. The van der Waals surface area contributed by atoms with Gasteiger partial charge >= 0.3 is 0 Å². The third-order valence-corrected chi connectivity index (χ3v) is 6.60. The predicted molar refractivity (Wildman–Crippen MR) is 136 cm³/mol. The number of methoxy groups -OCH3 is 2. The zero-order valence-electron chi connectivity index (χ0n) is 19.2. The van der Waals surface area contributed by atoms with Crippen molar-refractivity contribution in [2.75, 3.05) is 14.2 Å². The molecule has 1 heterocycles. The van der Waals surface area contributed by atoms with Crippen LogP contribution in [0.1, 0.15) is 43.2 Å². The second-order valence-electron chi connectivity index (χ2n) is 8.54. The SMILES string of the molecule is COc1cc2cc(CN(Cc3ccccc3)C(=S)NC3CCCCC3)c(=O)[nH]c2cc1OC. The minimum Gasteiger partial charge on any atom is -0.493 e. The maximum absolute atomic E-state index is 13.0. The molecule has 1 fully saturated rings. The van der Waals surface area contributed by atoms with Crippen molar-refractivity contribution in [3.63, 3.8) is 0 Å². The van der Waals surface area contributed by atoms with Crippen LogP contribution in [0.25, 0.3) is 10.9 Å². The van der Waals surface area contributed by atoms with Crippen LogP contribution in [-0.4, -0.2) is 35.3 Å². The van der Waals surface area contributed by atoms with Gasteiger partial charge in [-0.15, -0.1) is 0 Å². The molecule has 0 aliphatic heterocycles. The van der Waals surface area contributed by atoms with E-state index in [0.29, 0.717) is 46.8 Å². The second-order valence-corrected chi connectivity index (χ2v) is 8.93. The first-order valence-electron chi connectivity index (χ1n) is 11.4. The van der Waals surface area contributed by atoms with E-state index in [1.165, 1.54) is 19.3 Å². The molecule has 1 aliphatic carbocycles. The number of aromatic amines is 1. The Morgan fingerprint density at radius 2 is 1.73 bits per heavy atom. The van der Waals surface area contributed by atoms with Crippen molar-refractivity contribution in [1.82, 2.24) is 15.2 Å². The summed E-state index contributed by atoms with van der Waals surface area (Å²) in [5, 5.41) is 5.13. The van der Waals surface area contributed by atoms with Crippen LogP contribution in [0, 0.1) is 0 Å². The topological polar surface area (TPSA) is 66.6 Å². The number of ether oxygens (including phenoxy) is 2. The summed E-state index contributed by atoms with van der Waals surface area (Å²) in [5.74, 6) is 1.20. The number of thiocarbonyl (C=S) groups is 1. The highest BCUT2D eigenvalue weighted by atomic mass is 32.1. The van der Waals surface area contributed by atoms with Crippen molar-refractivity contribution in [2.24, 2.45) is 0 Å². The molecule has 7 heteroatoms. The van der Waals surface area contributed by atoms with Gasteiger partial charge in [-0.1, -0.05) is 49.6 Å². The molecular formula is C26H31N3O3S. The van der Waals surface area contributed by atoms with Crippen molar-refractivity contribution in [3.05, 3.63) is 70.0 Å². The fourth-order valence-corrected chi connectivity index (χ4v) is 4.71. The Balaban J connectivity index is 1.63. The minimum atomic E-state index is -0.131. The molecular weight excluding hydrogens is 434 g/mol. The number of benzene rings is 2. The van der Waals surface area contributed by atoms with Gasteiger partial charge in [0, 0.05) is 29.6 Å². The van der Waals surface area contributed by atoms with E-state index >= 15 is 0 Å². The summed E-state index contributed by atoms with van der Waals surface area (Å²) in [6, 6.07) is 16.2. The van der Waals surface area contributed by atoms with Crippen LogP contribution in [0.15, 0.2) is 53.3 Å². The Kier molecular flexibility index (Phi) is 7.50. The molecule has 6 nitrogen and oxygen atoms in total. The van der Waals surface area contributed by atoms with Gasteiger partial charge in [0.2, 0.25) is 0 Å². The fraction of sp³-hybridized carbons (Fsp3) is 0.385. The fourth-order valence-electron chi connectivity index (χ4n) is 4.42. The first-order valence-corrected chi connectivity index (χ1v) is 11.9. The molecule has 0 amide bonds. The molecule has 3 aromatic rings. The van der Waals surface area contributed by atoms with Gasteiger partial charge in [0.05, 0.1) is 26.3 Å². The van der Waals surface area contributed by atoms with Crippen LogP contribution < -0.4 is 20.3 Å². The van der Waals surface area contributed by atoms with E-state index in [2.05, 4.69) is 27.3 Å². The summed E-state index contributed by atoms with van der Waals surface area (Å²) in [6.45, 7) is 1.04. The van der Waals surface area contributed by atoms with Gasteiger partial charge < -0.3 is 24.7 Å². The molecule has 4 rings (SSSR count).